The molecule has 7 rings (SSSR count). The minimum absolute atomic E-state index is 0. The summed E-state index contributed by atoms with van der Waals surface area (Å²) in [7, 11) is 0. The van der Waals surface area contributed by atoms with Crippen molar-refractivity contribution in [1.29, 1.82) is 0 Å². The smallest absolute Gasteiger partial charge is 0.139 e. The quantitative estimate of drug-likeness (QED) is 0.175. The predicted octanol–water partition coefficient (Wildman–Crippen LogP) is 12.5. The van der Waals surface area contributed by atoms with Gasteiger partial charge in [0.1, 0.15) is 11.4 Å². The van der Waals surface area contributed by atoms with Crippen LogP contribution in [0.2, 0.25) is 0 Å². The maximum absolute atomic E-state index is 11.2. The van der Waals surface area contributed by atoms with Crippen LogP contribution in [-0.4, -0.2) is 19.6 Å². The van der Waals surface area contributed by atoms with Crippen LogP contribution in [0.5, 0.6) is 5.75 Å². The second kappa shape index (κ2) is 14.0. The molecule has 0 atom stereocenters. The maximum atomic E-state index is 11.2. The maximum Gasteiger partial charge on any atom is 0.139 e. The van der Waals surface area contributed by atoms with Gasteiger partial charge in [0.15, 0.2) is 0 Å². The Balaban J connectivity index is 0.00000464. The van der Waals surface area contributed by atoms with Crippen molar-refractivity contribution in [2.75, 3.05) is 0 Å². The van der Waals surface area contributed by atoms with Gasteiger partial charge in [-0.2, -0.15) is 0 Å². The van der Waals surface area contributed by atoms with Crippen LogP contribution in [0, 0.1) is 6.07 Å². The molecule has 0 fully saturated rings. The van der Waals surface area contributed by atoms with Crippen molar-refractivity contribution in [2.45, 2.75) is 88.5 Å². The second-order valence-corrected chi connectivity index (χ2v) is 17.6. The molecule has 0 saturated carbocycles. The molecule has 0 aliphatic heterocycles. The first-order valence-corrected chi connectivity index (χ1v) is 18.5. The van der Waals surface area contributed by atoms with Crippen molar-refractivity contribution >= 4 is 33.7 Å². The van der Waals surface area contributed by atoms with E-state index >= 15 is 0 Å². The van der Waals surface area contributed by atoms with Gasteiger partial charge in [0.2, 0.25) is 0 Å². The molecule has 3 aromatic heterocycles. The summed E-state index contributed by atoms with van der Waals surface area (Å²) in [6.07, 6.45) is 1.88. The van der Waals surface area contributed by atoms with Gasteiger partial charge in [-0.25, -0.2) is 4.98 Å². The number of phenolic OH excluding ortho intramolecular Hbond substituents is 1. The van der Waals surface area contributed by atoms with E-state index in [1.807, 2.05) is 30.5 Å². The Bertz CT molecular complexity index is 2410. The van der Waals surface area contributed by atoms with Crippen LogP contribution in [0.1, 0.15) is 79.0 Å². The molecule has 0 unspecified atom stereocenters. The van der Waals surface area contributed by atoms with E-state index in [9.17, 15) is 5.11 Å². The molecule has 3 heterocycles. The number of hydrogen-bond acceptors (Lipinski definition) is 4. The van der Waals surface area contributed by atoms with Crippen molar-refractivity contribution in [3.63, 3.8) is 0 Å². The molecule has 4 nitrogen and oxygen atoms in total. The number of rotatable bonds is 5. The number of para-hydroxylation sites is 2. The minimum atomic E-state index is -0.216. The average molecular weight is 884 g/mol. The number of aromatic nitrogens is 3. The fourth-order valence-electron chi connectivity index (χ4n) is 6.62. The topological polar surface area (TPSA) is 50.9 Å². The largest absolute Gasteiger partial charge is 0.506 e. The van der Waals surface area contributed by atoms with E-state index in [0.29, 0.717) is 5.69 Å². The van der Waals surface area contributed by atoms with Gasteiger partial charge in [-0.05, 0) is 75.0 Å². The van der Waals surface area contributed by atoms with Gasteiger partial charge in [-0.1, -0.05) is 139 Å². The van der Waals surface area contributed by atoms with Crippen molar-refractivity contribution < 1.29 is 26.2 Å². The Hall–Kier alpha value is -4.18. The number of fused-ring (bicyclic) bond motifs is 3. The van der Waals surface area contributed by atoms with Gasteiger partial charge in [0.25, 0.3) is 0 Å². The summed E-state index contributed by atoms with van der Waals surface area (Å²) in [6, 6.07) is 39.5. The summed E-state index contributed by atoms with van der Waals surface area (Å²) in [5.74, 6) is 0.213. The monoisotopic (exact) mass is 883 g/mol. The third-order valence-electron chi connectivity index (χ3n) is 9.56. The van der Waals surface area contributed by atoms with Crippen LogP contribution < -0.4 is 0 Å². The third-order valence-corrected chi connectivity index (χ3v) is 10.4. The normalized spacial score (nSPS) is 12.3. The van der Waals surface area contributed by atoms with Crippen LogP contribution in [0.15, 0.2) is 119 Å². The van der Waals surface area contributed by atoms with Crippen molar-refractivity contribution in [3.8, 4) is 33.8 Å². The zero-order valence-electron chi connectivity index (χ0n) is 31.4. The van der Waals surface area contributed by atoms with Gasteiger partial charge >= 0.3 is 0 Å². The number of aromatic hydroxyl groups is 1. The van der Waals surface area contributed by atoms with Crippen LogP contribution in [-0.2, 0) is 37.3 Å². The summed E-state index contributed by atoms with van der Waals surface area (Å²) in [5, 5.41) is 14.3. The molecule has 0 radical (unpaired) electrons. The Morgan fingerprint density at radius 1 is 0.654 bits per heavy atom. The van der Waals surface area contributed by atoms with Crippen molar-refractivity contribution in [3.05, 3.63) is 132 Å². The molecule has 0 bridgehead atoms. The number of hydrogen-bond donors (Lipinski definition) is 1. The van der Waals surface area contributed by atoms with E-state index < -0.39 is 0 Å². The number of benzene rings is 4. The minimum Gasteiger partial charge on any atom is -0.506 e. The van der Waals surface area contributed by atoms with Gasteiger partial charge < -0.3 is 5.11 Å². The standard InChI is InChI=1S/C46H46N3OS.Pt/c1-44(2,3)32-19-20-38-35(27-32)36-28-37(46(7,8)9)42(48-43(36)49(38)39-17-13-14-18-40(39)50)31-23-33(45(4,5)6)26-34(24-31)51-41-25-30(21-22-47-41)29-15-11-10-12-16-29;/h10-23,25-28,50H,1-9H3;/q-1;. The first kappa shape index (κ1) is 37.6. The Kier molecular flexibility index (Phi) is 10.1. The van der Waals surface area contributed by atoms with Gasteiger partial charge in [0, 0.05) is 38.0 Å². The molecule has 4 aromatic carbocycles. The summed E-state index contributed by atoms with van der Waals surface area (Å²) in [4.78, 5) is 11.3. The van der Waals surface area contributed by atoms with Crippen LogP contribution in [0.4, 0.5) is 0 Å². The number of pyridine rings is 2. The molecule has 0 spiro atoms. The fourth-order valence-corrected chi connectivity index (χ4v) is 7.49. The molecule has 0 aliphatic rings. The van der Waals surface area contributed by atoms with Crippen LogP contribution >= 0.6 is 11.8 Å². The molecule has 6 heteroatoms. The number of nitrogens with zero attached hydrogens (tertiary/aromatic N) is 3. The SMILES string of the molecule is CC(C)(C)c1cc(Sc2cc(-c3ccccc3)ccn2)[c-]c(-c2nc3c(cc2C(C)(C)C)c2cc(C(C)(C)C)ccc2n3-c2ccccc2O)c1.[Pt]. The average Bonchev–Trinajstić information content (AvgIpc) is 3.40. The van der Waals surface area contributed by atoms with E-state index in [1.54, 1.807) is 17.8 Å². The summed E-state index contributed by atoms with van der Waals surface area (Å²) >= 11 is 1.63. The van der Waals surface area contributed by atoms with E-state index in [-0.39, 0.29) is 43.1 Å². The predicted molar refractivity (Wildman–Crippen MR) is 214 cm³/mol. The molecule has 52 heavy (non-hydrogen) atoms. The Morgan fingerprint density at radius 3 is 2.02 bits per heavy atom. The van der Waals surface area contributed by atoms with Gasteiger partial charge in [-0.3, -0.25) is 9.55 Å². The van der Waals surface area contributed by atoms with Crippen LogP contribution in [0.25, 0.3) is 50.0 Å². The molecule has 1 N–H and O–H groups in total. The van der Waals surface area contributed by atoms with Crippen molar-refractivity contribution in [2.24, 2.45) is 0 Å². The summed E-state index contributed by atoms with van der Waals surface area (Å²) in [5.41, 5.74) is 9.91. The van der Waals surface area contributed by atoms with Gasteiger partial charge in [0.05, 0.1) is 16.2 Å². The molecule has 0 aliphatic carbocycles. The molecule has 0 saturated heterocycles. The second-order valence-electron chi connectivity index (χ2n) is 16.6. The molecule has 0 amide bonds. The first-order valence-electron chi connectivity index (χ1n) is 17.6. The van der Waals surface area contributed by atoms with E-state index in [0.717, 1.165) is 59.8 Å². The zero-order chi connectivity index (χ0) is 36.3. The zero-order valence-corrected chi connectivity index (χ0v) is 34.5. The molecular weight excluding hydrogens is 838 g/mol. The molecule has 7 aromatic rings. The van der Waals surface area contributed by atoms with Gasteiger partial charge in [-0.15, -0.1) is 29.3 Å². The van der Waals surface area contributed by atoms with Crippen LogP contribution in [0.3, 0.4) is 0 Å². The van der Waals surface area contributed by atoms with E-state index in [4.69, 9.17) is 9.97 Å². The third kappa shape index (κ3) is 7.36. The first-order chi connectivity index (χ1) is 24.1. The Labute approximate surface area is 327 Å². The summed E-state index contributed by atoms with van der Waals surface area (Å²) < 4.78 is 2.12. The van der Waals surface area contributed by atoms with E-state index in [1.165, 1.54) is 11.1 Å². The number of phenols is 1. The van der Waals surface area contributed by atoms with Crippen molar-refractivity contribution in [1.82, 2.24) is 14.5 Å². The Morgan fingerprint density at radius 2 is 1.35 bits per heavy atom. The molecular formula is C46H46N3OPtS-. The fraction of sp³-hybridized carbons (Fsp3) is 0.261. The molecule has 268 valence electrons. The van der Waals surface area contributed by atoms with E-state index in [2.05, 4.69) is 146 Å². The summed E-state index contributed by atoms with van der Waals surface area (Å²) in [6.45, 7) is 20.2.